The number of rotatable bonds is 5. The largest absolute Gasteiger partial charge is 0.464 e. The van der Waals surface area contributed by atoms with Crippen LogP contribution in [0.2, 0.25) is 0 Å². The lowest BCUT2D eigenvalue weighted by Crippen LogP contribution is -2.19. The molecular weight excluding hydrogens is 302 g/mol. The van der Waals surface area contributed by atoms with E-state index in [0.29, 0.717) is 18.3 Å². The fourth-order valence-corrected chi connectivity index (χ4v) is 3.34. The molecule has 1 aliphatic rings. The number of carbonyl (C=O) groups is 1. The predicted molar refractivity (Wildman–Crippen MR) is 93.6 cm³/mol. The molecule has 2 aromatic heterocycles. The molecule has 2 heterocycles. The SMILES string of the molecule is CC(C)=C[C@@H]1[C@H](C(=O)Nc2ccnn2Cc2ccc(C)o2)C1(C)C. The van der Waals surface area contributed by atoms with Gasteiger partial charge in [-0.2, -0.15) is 5.10 Å². The molecule has 1 amide bonds. The Balaban J connectivity index is 1.70. The summed E-state index contributed by atoms with van der Waals surface area (Å²) in [5, 5.41) is 7.32. The number of aromatic nitrogens is 2. The van der Waals surface area contributed by atoms with Gasteiger partial charge in [-0.15, -0.1) is 0 Å². The Morgan fingerprint density at radius 1 is 1.38 bits per heavy atom. The van der Waals surface area contributed by atoms with Gasteiger partial charge in [-0.1, -0.05) is 25.5 Å². The standard InChI is InChI=1S/C19H25N3O2/c1-12(2)10-15-17(19(15,4)5)18(23)21-16-8-9-20-22(16)11-14-7-6-13(3)24-14/h6-10,15,17H,11H2,1-5H3,(H,21,23)/t15-,17-/m1/s1. The van der Waals surface area contributed by atoms with Crippen molar-refractivity contribution in [3.8, 4) is 0 Å². The lowest BCUT2D eigenvalue weighted by Gasteiger charge is -2.08. The highest BCUT2D eigenvalue weighted by atomic mass is 16.3. The van der Waals surface area contributed by atoms with Crippen molar-refractivity contribution >= 4 is 11.7 Å². The Kier molecular flexibility index (Phi) is 4.11. The number of nitrogens with one attached hydrogen (secondary N) is 1. The molecular formula is C19H25N3O2. The van der Waals surface area contributed by atoms with E-state index >= 15 is 0 Å². The molecule has 2 aromatic rings. The first-order valence-corrected chi connectivity index (χ1v) is 8.32. The van der Waals surface area contributed by atoms with Crippen LogP contribution in [0.25, 0.3) is 0 Å². The highest BCUT2D eigenvalue weighted by molar-refractivity contribution is 5.95. The summed E-state index contributed by atoms with van der Waals surface area (Å²) >= 11 is 0. The van der Waals surface area contributed by atoms with E-state index in [9.17, 15) is 4.79 Å². The maximum absolute atomic E-state index is 12.7. The van der Waals surface area contributed by atoms with E-state index < -0.39 is 0 Å². The maximum Gasteiger partial charge on any atom is 0.229 e. The molecule has 0 saturated heterocycles. The minimum Gasteiger partial charge on any atom is -0.464 e. The molecule has 0 radical (unpaired) electrons. The van der Waals surface area contributed by atoms with Gasteiger partial charge in [0.2, 0.25) is 5.91 Å². The number of hydrogen-bond acceptors (Lipinski definition) is 3. The first-order chi connectivity index (χ1) is 11.3. The molecule has 3 rings (SSSR count). The molecule has 1 N–H and O–H groups in total. The molecule has 0 spiro atoms. The number of furan rings is 1. The van der Waals surface area contributed by atoms with Gasteiger partial charge in [0.25, 0.3) is 0 Å². The third-order valence-corrected chi connectivity index (χ3v) is 4.78. The summed E-state index contributed by atoms with van der Waals surface area (Å²) in [7, 11) is 0. The Morgan fingerprint density at radius 2 is 2.12 bits per heavy atom. The van der Waals surface area contributed by atoms with Gasteiger partial charge in [0.1, 0.15) is 23.9 Å². The van der Waals surface area contributed by atoms with Crippen LogP contribution in [0, 0.1) is 24.2 Å². The Hall–Kier alpha value is -2.30. The van der Waals surface area contributed by atoms with Crippen LogP contribution in [0.3, 0.4) is 0 Å². The second kappa shape index (κ2) is 5.96. The first-order valence-electron chi connectivity index (χ1n) is 8.32. The van der Waals surface area contributed by atoms with Gasteiger partial charge < -0.3 is 9.73 Å². The van der Waals surface area contributed by atoms with Crippen molar-refractivity contribution in [3.63, 3.8) is 0 Å². The van der Waals surface area contributed by atoms with E-state index in [4.69, 9.17) is 4.42 Å². The first kappa shape index (κ1) is 16.6. The summed E-state index contributed by atoms with van der Waals surface area (Å²) in [6.07, 6.45) is 3.89. The Labute approximate surface area is 142 Å². The Bertz CT molecular complexity index is 778. The maximum atomic E-state index is 12.7. The van der Waals surface area contributed by atoms with E-state index in [1.165, 1.54) is 5.57 Å². The van der Waals surface area contributed by atoms with E-state index in [1.54, 1.807) is 10.9 Å². The number of aryl methyl sites for hydroxylation is 1. The van der Waals surface area contributed by atoms with Crippen molar-refractivity contribution in [2.24, 2.45) is 17.3 Å². The minimum atomic E-state index is 0.00149. The zero-order valence-electron chi connectivity index (χ0n) is 15.0. The van der Waals surface area contributed by atoms with Crippen LogP contribution >= 0.6 is 0 Å². The van der Waals surface area contributed by atoms with Crippen LogP contribution in [-0.4, -0.2) is 15.7 Å². The normalized spacial score (nSPS) is 21.4. The number of carbonyl (C=O) groups excluding carboxylic acids is 1. The van der Waals surface area contributed by atoms with Crippen molar-refractivity contribution < 1.29 is 9.21 Å². The fourth-order valence-electron chi connectivity index (χ4n) is 3.34. The van der Waals surface area contributed by atoms with Gasteiger partial charge in [0.15, 0.2) is 0 Å². The number of nitrogens with zero attached hydrogens (tertiary/aromatic N) is 2. The summed E-state index contributed by atoms with van der Waals surface area (Å²) < 4.78 is 7.34. The van der Waals surface area contributed by atoms with Crippen molar-refractivity contribution in [2.75, 3.05) is 5.32 Å². The molecule has 128 valence electrons. The lowest BCUT2D eigenvalue weighted by atomic mass is 10.1. The zero-order chi connectivity index (χ0) is 17.5. The van der Waals surface area contributed by atoms with Gasteiger partial charge in [-0.25, -0.2) is 4.68 Å². The topological polar surface area (TPSA) is 60.1 Å². The molecule has 1 saturated carbocycles. The van der Waals surface area contributed by atoms with Gasteiger partial charge in [-0.05, 0) is 44.2 Å². The van der Waals surface area contributed by atoms with Gasteiger partial charge >= 0.3 is 0 Å². The van der Waals surface area contributed by atoms with Crippen LogP contribution in [-0.2, 0) is 11.3 Å². The highest BCUT2D eigenvalue weighted by Crippen LogP contribution is 2.59. The number of amides is 1. The van der Waals surface area contributed by atoms with Crippen LogP contribution in [0.1, 0.15) is 39.2 Å². The predicted octanol–water partition coefficient (Wildman–Crippen LogP) is 4.01. The van der Waals surface area contributed by atoms with Gasteiger partial charge in [0, 0.05) is 6.07 Å². The quantitative estimate of drug-likeness (QED) is 0.844. The lowest BCUT2D eigenvalue weighted by molar-refractivity contribution is -0.118. The molecule has 1 fully saturated rings. The summed E-state index contributed by atoms with van der Waals surface area (Å²) in [5.41, 5.74) is 1.26. The molecule has 5 heteroatoms. The minimum absolute atomic E-state index is 0.00149. The third-order valence-electron chi connectivity index (χ3n) is 4.78. The van der Waals surface area contributed by atoms with E-state index in [0.717, 1.165) is 11.5 Å². The van der Waals surface area contributed by atoms with E-state index in [-0.39, 0.29) is 17.2 Å². The molecule has 0 unspecified atom stereocenters. The van der Waals surface area contributed by atoms with E-state index in [1.807, 2.05) is 25.1 Å². The number of allylic oxidation sites excluding steroid dienone is 2. The van der Waals surface area contributed by atoms with Crippen LogP contribution in [0.15, 0.2) is 40.5 Å². The van der Waals surface area contributed by atoms with Gasteiger partial charge in [0.05, 0.1) is 12.1 Å². The van der Waals surface area contributed by atoms with Crippen LogP contribution in [0.4, 0.5) is 5.82 Å². The average Bonchev–Trinajstić information content (AvgIpc) is 2.87. The molecule has 1 aliphatic carbocycles. The fraction of sp³-hybridized carbons (Fsp3) is 0.474. The number of hydrogen-bond donors (Lipinski definition) is 1. The van der Waals surface area contributed by atoms with E-state index in [2.05, 4.69) is 44.2 Å². The van der Waals surface area contributed by atoms with Crippen molar-refractivity contribution in [1.29, 1.82) is 0 Å². The summed E-state index contributed by atoms with van der Waals surface area (Å²) in [5.74, 6) is 2.74. The Morgan fingerprint density at radius 3 is 2.75 bits per heavy atom. The smallest absolute Gasteiger partial charge is 0.229 e. The average molecular weight is 327 g/mol. The molecule has 0 bridgehead atoms. The second-order valence-corrected chi connectivity index (χ2v) is 7.44. The third kappa shape index (κ3) is 3.16. The van der Waals surface area contributed by atoms with Gasteiger partial charge in [-0.3, -0.25) is 4.79 Å². The highest BCUT2D eigenvalue weighted by Gasteiger charge is 2.60. The van der Waals surface area contributed by atoms with Crippen molar-refractivity contribution in [1.82, 2.24) is 9.78 Å². The zero-order valence-corrected chi connectivity index (χ0v) is 15.0. The molecule has 2 atom stereocenters. The molecule has 5 nitrogen and oxygen atoms in total. The van der Waals surface area contributed by atoms with Crippen LogP contribution < -0.4 is 5.32 Å². The summed E-state index contributed by atoms with van der Waals surface area (Å²) in [6.45, 7) is 10.8. The monoisotopic (exact) mass is 327 g/mol. The van der Waals surface area contributed by atoms with Crippen molar-refractivity contribution in [2.45, 2.75) is 41.2 Å². The van der Waals surface area contributed by atoms with Crippen molar-refractivity contribution in [3.05, 3.63) is 47.6 Å². The summed E-state index contributed by atoms with van der Waals surface area (Å²) in [4.78, 5) is 12.7. The molecule has 0 aliphatic heterocycles. The van der Waals surface area contributed by atoms with Crippen LogP contribution in [0.5, 0.6) is 0 Å². The number of anilines is 1. The molecule has 0 aromatic carbocycles. The second-order valence-electron chi connectivity index (χ2n) is 7.44. The molecule has 24 heavy (non-hydrogen) atoms. The summed E-state index contributed by atoms with van der Waals surface area (Å²) in [6, 6.07) is 5.67.